The highest BCUT2D eigenvalue weighted by Crippen LogP contribution is 2.35. The number of aromatic nitrogens is 2. The molecule has 162 valence electrons. The summed E-state index contributed by atoms with van der Waals surface area (Å²) in [7, 11) is 0. The number of rotatable bonds is 4. The van der Waals surface area contributed by atoms with E-state index < -0.39 is 0 Å². The fraction of sp³-hybridized carbons (Fsp3) is 0.462. The molecule has 0 aliphatic heterocycles. The van der Waals surface area contributed by atoms with Crippen LogP contribution in [-0.2, 0) is 0 Å². The summed E-state index contributed by atoms with van der Waals surface area (Å²) < 4.78 is 1.97. The molecule has 0 bridgehead atoms. The van der Waals surface area contributed by atoms with Crippen LogP contribution in [0.1, 0.15) is 64.2 Å². The van der Waals surface area contributed by atoms with Crippen molar-refractivity contribution in [1.82, 2.24) is 15.1 Å². The average molecular weight is 417 g/mol. The van der Waals surface area contributed by atoms with E-state index in [1.165, 1.54) is 38.5 Å². The maximum Gasteiger partial charge on any atom is 0.323 e. The summed E-state index contributed by atoms with van der Waals surface area (Å²) >= 11 is 0. The lowest BCUT2D eigenvalue weighted by molar-refractivity contribution is 0.233. The normalized spacial score (nSPS) is 18.2. The molecule has 0 atom stereocenters. The highest BCUT2D eigenvalue weighted by molar-refractivity contribution is 6.02. The summed E-state index contributed by atoms with van der Waals surface area (Å²) in [6, 6.07) is 18.9. The monoisotopic (exact) mass is 416 g/mol. The zero-order valence-electron chi connectivity index (χ0n) is 18.2. The minimum atomic E-state index is 0.0432. The molecule has 2 saturated carbocycles. The van der Waals surface area contributed by atoms with Crippen LogP contribution in [0.3, 0.4) is 0 Å². The van der Waals surface area contributed by atoms with Gasteiger partial charge in [-0.25, -0.2) is 9.48 Å². The number of amides is 2. The van der Waals surface area contributed by atoms with Crippen LogP contribution in [0, 0.1) is 0 Å². The first-order valence-electron chi connectivity index (χ1n) is 11.9. The molecule has 2 aliphatic carbocycles. The van der Waals surface area contributed by atoms with Crippen molar-refractivity contribution in [2.45, 2.75) is 76.3 Å². The van der Waals surface area contributed by atoms with Gasteiger partial charge in [0, 0.05) is 17.5 Å². The van der Waals surface area contributed by atoms with Crippen molar-refractivity contribution in [2.24, 2.45) is 0 Å². The van der Waals surface area contributed by atoms with Crippen molar-refractivity contribution in [2.75, 3.05) is 4.90 Å². The van der Waals surface area contributed by atoms with Crippen LogP contribution < -0.4 is 10.2 Å². The minimum absolute atomic E-state index is 0.0432. The van der Waals surface area contributed by atoms with Gasteiger partial charge in [-0.3, -0.25) is 4.90 Å². The maximum atomic E-state index is 13.8. The lowest BCUT2D eigenvalue weighted by atomic mass is 9.93. The lowest BCUT2D eigenvalue weighted by Gasteiger charge is -2.36. The number of benzene rings is 2. The number of nitrogens with zero attached hydrogens (tertiary/aromatic N) is 3. The molecule has 0 unspecified atom stereocenters. The van der Waals surface area contributed by atoms with Crippen molar-refractivity contribution in [1.29, 1.82) is 0 Å². The summed E-state index contributed by atoms with van der Waals surface area (Å²) in [5.41, 5.74) is 1.91. The summed E-state index contributed by atoms with van der Waals surface area (Å²) in [4.78, 5) is 15.9. The Morgan fingerprint density at radius 2 is 1.48 bits per heavy atom. The number of para-hydroxylation sites is 1. The van der Waals surface area contributed by atoms with E-state index in [-0.39, 0.29) is 18.1 Å². The zero-order chi connectivity index (χ0) is 21.0. The van der Waals surface area contributed by atoms with Gasteiger partial charge in [0.15, 0.2) is 0 Å². The summed E-state index contributed by atoms with van der Waals surface area (Å²) in [6.07, 6.45) is 11.6. The molecule has 5 rings (SSSR count). The maximum absolute atomic E-state index is 13.8. The molecule has 1 aromatic heterocycles. The Hall–Kier alpha value is -2.82. The molecule has 5 heteroatoms. The van der Waals surface area contributed by atoms with Gasteiger partial charge in [0.05, 0.1) is 11.2 Å². The molecule has 3 aromatic rings. The fourth-order valence-corrected chi connectivity index (χ4v) is 5.27. The van der Waals surface area contributed by atoms with Gasteiger partial charge in [-0.2, -0.15) is 5.10 Å². The third kappa shape index (κ3) is 4.18. The first-order valence-corrected chi connectivity index (χ1v) is 11.9. The third-order valence-electron chi connectivity index (χ3n) is 6.87. The number of hydrogen-bond donors (Lipinski definition) is 1. The molecule has 2 amide bonds. The van der Waals surface area contributed by atoms with Crippen molar-refractivity contribution in [3.63, 3.8) is 0 Å². The Kier molecular flexibility index (Phi) is 5.92. The van der Waals surface area contributed by atoms with Crippen LogP contribution in [0.2, 0.25) is 0 Å². The molecule has 0 spiro atoms. The number of anilines is 1. The van der Waals surface area contributed by atoms with Crippen LogP contribution in [0.15, 0.2) is 54.6 Å². The van der Waals surface area contributed by atoms with Crippen LogP contribution in [0.4, 0.5) is 10.6 Å². The second-order valence-corrected chi connectivity index (χ2v) is 9.03. The molecule has 5 nitrogen and oxygen atoms in total. The molecule has 31 heavy (non-hydrogen) atoms. The topological polar surface area (TPSA) is 50.2 Å². The van der Waals surface area contributed by atoms with Crippen molar-refractivity contribution in [3.8, 4) is 5.69 Å². The molecule has 1 heterocycles. The number of carbonyl (C=O) groups excluding carboxylic acids is 1. The number of urea groups is 1. The Bertz CT molecular complexity index is 1020. The predicted octanol–water partition coefficient (Wildman–Crippen LogP) is 6.21. The van der Waals surface area contributed by atoms with E-state index in [4.69, 9.17) is 5.10 Å². The lowest BCUT2D eigenvalue weighted by Crippen LogP contribution is -2.51. The van der Waals surface area contributed by atoms with Gasteiger partial charge in [0.2, 0.25) is 0 Å². The molecule has 2 aromatic carbocycles. The third-order valence-corrected chi connectivity index (χ3v) is 6.87. The highest BCUT2D eigenvalue weighted by atomic mass is 16.2. The van der Waals surface area contributed by atoms with E-state index >= 15 is 0 Å². The van der Waals surface area contributed by atoms with Crippen molar-refractivity contribution >= 4 is 22.8 Å². The van der Waals surface area contributed by atoms with E-state index in [1.54, 1.807) is 0 Å². The molecule has 0 saturated heterocycles. The summed E-state index contributed by atoms with van der Waals surface area (Å²) in [6.45, 7) is 0. The van der Waals surface area contributed by atoms with Crippen molar-refractivity contribution in [3.05, 3.63) is 54.6 Å². The smallest absolute Gasteiger partial charge is 0.323 e. The van der Waals surface area contributed by atoms with Gasteiger partial charge in [-0.1, -0.05) is 68.9 Å². The molecule has 0 radical (unpaired) electrons. The van der Waals surface area contributed by atoms with Gasteiger partial charge in [0.25, 0.3) is 0 Å². The van der Waals surface area contributed by atoms with Gasteiger partial charge in [0.1, 0.15) is 5.82 Å². The van der Waals surface area contributed by atoms with E-state index in [0.717, 1.165) is 48.1 Å². The Morgan fingerprint density at radius 3 is 2.23 bits per heavy atom. The standard InChI is InChI=1S/C26H32N4O/c31-26(27-20-12-4-1-5-13-20)29(21-14-6-2-7-15-21)25-23-18-10-11-19-24(23)28-30(25)22-16-8-3-9-17-22/h3,8-11,16-21H,1-2,4-7,12-15H2,(H,27,31). The molecule has 1 N–H and O–H groups in total. The quantitative estimate of drug-likeness (QED) is 0.550. The second-order valence-electron chi connectivity index (χ2n) is 9.03. The second kappa shape index (κ2) is 9.13. The molecule has 2 fully saturated rings. The Balaban J connectivity index is 1.60. The van der Waals surface area contributed by atoms with E-state index in [0.29, 0.717) is 0 Å². The highest BCUT2D eigenvalue weighted by Gasteiger charge is 2.33. The van der Waals surface area contributed by atoms with E-state index in [2.05, 4.69) is 28.4 Å². The van der Waals surface area contributed by atoms with Crippen LogP contribution in [0.25, 0.3) is 16.6 Å². The Morgan fingerprint density at radius 1 is 0.839 bits per heavy atom. The first kappa shape index (κ1) is 20.1. The number of nitrogens with one attached hydrogen (secondary N) is 1. The van der Waals surface area contributed by atoms with Crippen LogP contribution in [-0.4, -0.2) is 27.9 Å². The molecular formula is C26H32N4O. The minimum Gasteiger partial charge on any atom is -0.335 e. The Labute approximate surface area is 184 Å². The average Bonchev–Trinajstić information content (AvgIpc) is 3.21. The van der Waals surface area contributed by atoms with Crippen LogP contribution >= 0.6 is 0 Å². The number of hydrogen-bond acceptors (Lipinski definition) is 2. The van der Waals surface area contributed by atoms with Gasteiger partial charge < -0.3 is 5.32 Å². The van der Waals surface area contributed by atoms with Crippen molar-refractivity contribution < 1.29 is 4.79 Å². The van der Waals surface area contributed by atoms with Crippen LogP contribution in [0.5, 0.6) is 0 Å². The van der Waals surface area contributed by atoms with E-state index in [1.807, 2.05) is 41.1 Å². The molecular weight excluding hydrogens is 384 g/mol. The predicted molar refractivity (Wildman–Crippen MR) is 126 cm³/mol. The zero-order valence-corrected chi connectivity index (χ0v) is 18.2. The van der Waals surface area contributed by atoms with Gasteiger partial charge in [-0.05, 0) is 49.9 Å². The summed E-state index contributed by atoms with van der Waals surface area (Å²) in [5.74, 6) is 0.905. The molecule has 2 aliphatic rings. The summed E-state index contributed by atoms with van der Waals surface area (Å²) in [5, 5.41) is 9.35. The fourth-order valence-electron chi connectivity index (χ4n) is 5.27. The van der Waals surface area contributed by atoms with E-state index in [9.17, 15) is 4.79 Å². The first-order chi connectivity index (χ1) is 15.3. The largest absolute Gasteiger partial charge is 0.335 e. The van der Waals surface area contributed by atoms with Gasteiger partial charge >= 0.3 is 6.03 Å². The number of carbonyl (C=O) groups is 1. The SMILES string of the molecule is O=C(NC1CCCCC1)N(c1c2ccccc2nn1-c1ccccc1)C1CCCCC1. The number of fused-ring (bicyclic) bond motifs is 1. The van der Waals surface area contributed by atoms with Gasteiger partial charge in [-0.15, -0.1) is 0 Å².